The summed E-state index contributed by atoms with van der Waals surface area (Å²) in [5.74, 6) is 1.62. The quantitative estimate of drug-likeness (QED) is 0.321. The Bertz CT molecular complexity index is 1220. The number of hydrogen-bond acceptors (Lipinski definition) is 8. The average Bonchev–Trinajstić information content (AvgIpc) is 3.41. The zero-order valence-electron chi connectivity index (χ0n) is 20.4. The summed E-state index contributed by atoms with van der Waals surface area (Å²) in [6.07, 6.45) is 2.77. The number of carbonyl (C=O) groups is 2. The molecule has 4 rings (SSSR count). The number of hydrogen-bond donors (Lipinski definition) is 1. The minimum atomic E-state index is -0.399. The molecule has 35 heavy (non-hydrogen) atoms. The number of nitrogens with one attached hydrogen (secondary N) is 1. The van der Waals surface area contributed by atoms with Crippen LogP contribution < -0.4 is 10.1 Å². The van der Waals surface area contributed by atoms with Gasteiger partial charge in [0.25, 0.3) is 0 Å². The maximum Gasteiger partial charge on any atom is 0.341 e. The van der Waals surface area contributed by atoms with Crippen LogP contribution in [-0.2, 0) is 35.5 Å². The fraction of sp³-hybridized carbons (Fsp3) is 0.440. The summed E-state index contributed by atoms with van der Waals surface area (Å²) in [5, 5.41) is 12.7. The van der Waals surface area contributed by atoms with Gasteiger partial charge in [-0.2, -0.15) is 0 Å². The van der Waals surface area contributed by atoms with Crippen LogP contribution in [0.25, 0.3) is 0 Å². The molecule has 1 amide bonds. The second-order valence-corrected chi connectivity index (χ2v) is 10.6. The molecule has 0 fully saturated rings. The smallest absolute Gasteiger partial charge is 0.341 e. The van der Waals surface area contributed by atoms with E-state index in [4.69, 9.17) is 9.47 Å². The number of rotatable bonds is 9. The summed E-state index contributed by atoms with van der Waals surface area (Å²) < 4.78 is 12.9. The number of thioether (sulfide) groups is 1. The van der Waals surface area contributed by atoms with E-state index in [-0.39, 0.29) is 11.7 Å². The fourth-order valence-electron chi connectivity index (χ4n) is 4.16. The molecule has 0 saturated carbocycles. The predicted octanol–water partition coefficient (Wildman–Crippen LogP) is 4.89. The standard InChI is InChI=1S/C25H30N4O4S2/c1-5-29-20(13-33-18-9-7-6-8-16(18)3)27-28-25(29)34-14-21(30)26-23-22(24(31)32-4)17-11-10-15(2)12-19(17)35-23/h6-9,15H,5,10-14H2,1-4H3,(H,26,30). The second-order valence-electron chi connectivity index (χ2n) is 8.58. The van der Waals surface area contributed by atoms with Crippen molar-refractivity contribution in [3.8, 4) is 5.75 Å². The number of esters is 1. The molecule has 1 aliphatic rings. The molecule has 8 nitrogen and oxygen atoms in total. The van der Waals surface area contributed by atoms with Crippen molar-refractivity contribution in [2.24, 2.45) is 5.92 Å². The number of thiophene rings is 1. The van der Waals surface area contributed by atoms with E-state index in [1.54, 1.807) is 0 Å². The van der Waals surface area contributed by atoms with Crippen LogP contribution in [0.4, 0.5) is 5.00 Å². The van der Waals surface area contributed by atoms with Crippen molar-refractivity contribution in [1.82, 2.24) is 14.8 Å². The molecule has 2 heterocycles. The number of anilines is 1. The molecule has 1 aliphatic carbocycles. The lowest BCUT2D eigenvalue weighted by Crippen LogP contribution is -2.17. The third-order valence-electron chi connectivity index (χ3n) is 6.05. The summed E-state index contributed by atoms with van der Waals surface area (Å²) in [5.41, 5.74) is 2.58. The molecule has 1 aromatic carbocycles. The van der Waals surface area contributed by atoms with Crippen molar-refractivity contribution in [1.29, 1.82) is 0 Å². The first-order chi connectivity index (χ1) is 16.9. The van der Waals surface area contributed by atoms with Crippen LogP contribution in [0, 0.1) is 12.8 Å². The van der Waals surface area contributed by atoms with E-state index in [0.29, 0.717) is 40.6 Å². The third kappa shape index (κ3) is 5.70. The van der Waals surface area contributed by atoms with Crippen LogP contribution in [0.15, 0.2) is 29.4 Å². The van der Waals surface area contributed by atoms with Gasteiger partial charge in [0.15, 0.2) is 11.0 Å². The van der Waals surface area contributed by atoms with Gasteiger partial charge in [0.2, 0.25) is 5.91 Å². The highest BCUT2D eigenvalue weighted by Gasteiger charge is 2.29. The molecular weight excluding hydrogens is 484 g/mol. The van der Waals surface area contributed by atoms with E-state index in [9.17, 15) is 9.59 Å². The average molecular weight is 515 g/mol. The molecule has 1 unspecified atom stereocenters. The first kappa shape index (κ1) is 25.2. The van der Waals surface area contributed by atoms with E-state index < -0.39 is 5.97 Å². The zero-order valence-corrected chi connectivity index (χ0v) is 22.1. The van der Waals surface area contributed by atoms with Gasteiger partial charge in [-0.05, 0) is 56.2 Å². The molecular formula is C25H30N4O4S2. The number of amides is 1. The highest BCUT2D eigenvalue weighted by Crippen LogP contribution is 2.40. The van der Waals surface area contributed by atoms with Crippen LogP contribution in [0.1, 0.15) is 52.5 Å². The van der Waals surface area contributed by atoms with Gasteiger partial charge in [-0.15, -0.1) is 21.5 Å². The Balaban J connectivity index is 1.41. The van der Waals surface area contributed by atoms with Crippen LogP contribution >= 0.6 is 23.1 Å². The molecule has 0 bridgehead atoms. The Kier molecular flexibility index (Phi) is 8.12. The van der Waals surface area contributed by atoms with Gasteiger partial charge in [-0.3, -0.25) is 4.79 Å². The van der Waals surface area contributed by atoms with Crippen LogP contribution in [-0.4, -0.2) is 39.5 Å². The van der Waals surface area contributed by atoms with E-state index in [2.05, 4.69) is 22.4 Å². The van der Waals surface area contributed by atoms with Gasteiger partial charge in [0, 0.05) is 11.4 Å². The van der Waals surface area contributed by atoms with Crippen molar-refractivity contribution in [3.63, 3.8) is 0 Å². The Labute approximate surface area is 213 Å². The highest BCUT2D eigenvalue weighted by atomic mass is 32.2. The minimum Gasteiger partial charge on any atom is -0.485 e. The fourth-order valence-corrected chi connectivity index (χ4v) is 6.40. The molecule has 2 aromatic heterocycles. The normalized spacial score (nSPS) is 14.9. The monoisotopic (exact) mass is 514 g/mol. The molecule has 186 valence electrons. The number of para-hydroxylation sites is 1. The molecule has 0 aliphatic heterocycles. The Hall–Kier alpha value is -2.85. The first-order valence-electron chi connectivity index (χ1n) is 11.7. The number of nitrogens with zero attached hydrogens (tertiary/aromatic N) is 3. The topological polar surface area (TPSA) is 95.3 Å². The van der Waals surface area contributed by atoms with Crippen LogP contribution in [0.2, 0.25) is 0 Å². The predicted molar refractivity (Wildman–Crippen MR) is 137 cm³/mol. The Morgan fingerprint density at radius 1 is 1.29 bits per heavy atom. The molecule has 1 N–H and O–H groups in total. The number of methoxy groups -OCH3 is 1. The van der Waals surface area contributed by atoms with Crippen molar-refractivity contribution in [2.75, 3.05) is 18.2 Å². The Morgan fingerprint density at radius 3 is 2.83 bits per heavy atom. The van der Waals surface area contributed by atoms with E-state index in [1.807, 2.05) is 42.7 Å². The summed E-state index contributed by atoms with van der Waals surface area (Å²) in [7, 11) is 1.37. The third-order valence-corrected chi connectivity index (χ3v) is 8.18. The summed E-state index contributed by atoms with van der Waals surface area (Å²) in [4.78, 5) is 26.5. The number of fused-ring (bicyclic) bond motifs is 1. The van der Waals surface area contributed by atoms with Crippen LogP contribution in [0.3, 0.4) is 0 Å². The van der Waals surface area contributed by atoms with Gasteiger partial charge in [-0.25, -0.2) is 4.79 Å². The molecule has 10 heteroatoms. The highest BCUT2D eigenvalue weighted by molar-refractivity contribution is 7.99. The number of carbonyl (C=O) groups excluding carboxylic acids is 2. The van der Waals surface area contributed by atoms with E-state index in [1.165, 1.54) is 30.2 Å². The van der Waals surface area contributed by atoms with Crippen LogP contribution in [0.5, 0.6) is 5.75 Å². The number of aryl methyl sites for hydroxylation is 1. The summed E-state index contributed by atoms with van der Waals surface area (Å²) in [6, 6.07) is 7.82. The van der Waals surface area contributed by atoms with Crippen molar-refractivity contribution in [2.45, 2.75) is 58.3 Å². The van der Waals surface area contributed by atoms with E-state index >= 15 is 0 Å². The summed E-state index contributed by atoms with van der Waals surface area (Å²) in [6.45, 7) is 7.16. The zero-order chi connectivity index (χ0) is 24.9. The molecule has 0 spiro atoms. The van der Waals surface area contributed by atoms with Crippen molar-refractivity contribution >= 4 is 40.0 Å². The summed E-state index contributed by atoms with van der Waals surface area (Å²) >= 11 is 2.80. The maximum absolute atomic E-state index is 12.8. The van der Waals surface area contributed by atoms with Crippen molar-refractivity contribution in [3.05, 3.63) is 51.7 Å². The molecule has 0 saturated heterocycles. The molecule has 1 atom stereocenters. The number of ether oxygens (including phenoxy) is 2. The van der Waals surface area contributed by atoms with Gasteiger partial charge in [-0.1, -0.05) is 36.9 Å². The lowest BCUT2D eigenvalue weighted by atomic mass is 9.88. The Morgan fingerprint density at radius 2 is 2.09 bits per heavy atom. The van der Waals surface area contributed by atoms with E-state index in [0.717, 1.165) is 41.0 Å². The molecule has 3 aromatic rings. The largest absolute Gasteiger partial charge is 0.485 e. The van der Waals surface area contributed by atoms with Gasteiger partial charge >= 0.3 is 5.97 Å². The van der Waals surface area contributed by atoms with Gasteiger partial charge in [0.05, 0.1) is 18.4 Å². The van der Waals surface area contributed by atoms with Gasteiger partial charge in [0.1, 0.15) is 17.4 Å². The first-order valence-corrected chi connectivity index (χ1v) is 13.5. The second kappa shape index (κ2) is 11.3. The lowest BCUT2D eigenvalue weighted by molar-refractivity contribution is -0.113. The van der Waals surface area contributed by atoms with Gasteiger partial charge < -0.3 is 19.4 Å². The SMILES string of the molecule is CCn1c(COc2ccccc2C)nnc1SCC(=O)Nc1sc2c(c1C(=O)OC)CCC(C)C2. The lowest BCUT2D eigenvalue weighted by Gasteiger charge is -2.18. The maximum atomic E-state index is 12.8. The minimum absolute atomic E-state index is 0.149. The van der Waals surface area contributed by atoms with Crippen molar-refractivity contribution < 1.29 is 19.1 Å². The number of benzene rings is 1. The molecule has 0 radical (unpaired) electrons. The number of aromatic nitrogens is 3.